The first kappa shape index (κ1) is 16.0. The number of carbonyl (C=O) groups is 1. The van der Waals surface area contributed by atoms with Crippen molar-refractivity contribution in [1.29, 1.82) is 0 Å². The number of pyridine rings is 1. The van der Waals surface area contributed by atoms with E-state index in [0.29, 0.717) is 27.8 Å². The van der Waals surface area contributed by atoms with Crippen molar-refractivity contribution in [3.63, 3.8) is 0 Å². The van der Waals surface area contributed by atoms with Gasteiger partial charge in [0.15, 0.2) is 0 Å². The first-order valence-corrected chi connectivity index (χ1v) is 7.44. The van der Waals surface area contributed by atoms with Gasteiger partial charge in [-0.3, -0.25) is 9.78 Å². The summed E-state index contributed by atoms with van der Waals surface area (Å²) >= 11 is 6.18. The number of hydrogen-bond donors (Lipinski definition) is 1. The molecule has 0 aliphatic heterocycles. The number of rotatable bonds is 4. The van der Waals surface area contributed by atoms with Crippen LogP contribution in [0.3, 0.4) is 0 Å². The lowest BCUT2D eigenvalue weighted by atomic mass is 10.2. The Bertz CT molecular complexity index is 855. The molecule has 1 N–H and O–H groups in total. The molecule has 0 fully saturated rings. The summed E-state index contributed by atoms with van der Waals surface area (Å²) in [5.74, 6) is 0.237. The van der Waals surface area contributed by atoms with E-state index < -0.39 is 0 Å². The predicted octanol–water partition coefficient (Wildman–Crippen LogP) is 4.92. The van der Waals surface area contributed by atoms with Gasteiger partial charge in [-0.25, -0.2) is 4.39 Å². The fourth-order valence-electron chi connectivity index (χ4n) is 1.99. The second kappa shape index (κ2) is 7.10. The third-order valence-corrected chi connectivity index (χ3v) is 3.45. The van der Waals surface area contributed by atoms with Gasteiger partial charge in [0.25, 0.3) is 5.91 Å². The topological polar surface area (TPSA) is 51.2 Å². The molecule has 24 heavy (non-hydrogen) atoms. The van der Waals surface area contributed by atoms with Crippen LogP contribution in [0.2, 0.25) is 5.02 Å². The standard InChI is InChI=1S/C18H12ClFN2O2/c19-16-10-14(22-18(23)12-2-1-9-21-11-12)5-8-17(16)24-15-6-3-13(20)4-7-15/h1-11H,(H,22,23). The van der Waals surface area contributed by atoms with E-state index in [1.807, 2.05) is 0 Å². The van der Waals surface area contributed by atoms with Gasteiger partial charge < -0.3 is 10.1 Å². The molecular weight excluding hydrogens is 331 g/mol. The predicted molar refractivity (Wildman–Crippen MR) is 90.1 cm³/mol. The molecule has 3 rings (SSSR count). The van der Waals surface area contributed by atoms with Crippen molar-refractivity contribution in [3.05, 3.63) is 83.4 Å². The van der Waals surface area contributed by atoms with Crippen LogP contribution in [0.25, 0.3) is 0 Å². The van der Waals surface area contributed by atoms with Gasteiger partial charge in [-0.05, 0) is 54.6 Å². The maximum Gasteiger partial charge on any atom is 0.257 e. The van der Waals surface area contributed by atoms with Crippen LogP contribution in [0.1, 0.15) is 10.4 Å². The fourth-order valence-corrected chi connectivity index (χ4v) is 2.21. The number of ether oxygens (including phenoxy) is 1. The Kier molecular flexibility index (Phi) is 4.72. The smallest absolute Gasteiger partial charge is 0.257 e. The van der Waals surface area contributed by atoms with Crippen LogP contribution in [-0.4, -0.2) is 10.9 Å². The number of nitrogens with zero attached hydrogens (tertiary/aromatic N) is 1. The molecule has 0 spiro atoms. The molecule has 6 heteroatoms. The zero-order valence-corrected chi connectivity index (χ0v) is 13.1. The quantitative estimate of drug-likeness (QED) is 0.732. The van der Waals surface area contributed by atoms with E-state index in [9.17, 15) is 9.18 Å². The Morgan fingerprint density at radius 2 is 1.92 bits per heavy atom. The molecule has 0 aliphatic rings. The van der Waals surface area contributed by atoms with E-state index in [2.05, 4.69) is 10.3 Å². The van der Waals surface area contributed by atoms with E-state index in [1.54, 1.807) is 36.5 Å². The van der Waals surface area contributed by atoms with Crippen molar-refractivity contribution in [1.82, 2.24) is 4.98 Å². The van der Waals surface area contributed by atoms with Crippen LogP contribution in [0.15, 0.2) is 67.0 Å². The highest BCUT2D eigenvalue weighted by Gasteiger charge is 2.09. The normalized spacial score (nSPS) is 10.2. The Morgan fingerprint density at radius 3 is 2.58 bits per heavy atom. The maximum atomic E-state index is 12.9. The van der Waals surface area contributed by atoms with Crippen molar-refractivity contribution in [3.8, 4) is 11.5 Å². The Morgan fingerprint density at radius 1 is 1.12 bits per heavy atom. The summed E-state index contributed by atoms with van der Waals surface area (Å²) in [4.78, 5) is 16.0. The number of hydrogen-bond acceptors (Lipinski definition) is 3. The minimum Gasteiger partial charge on any atom is -0.456 e. The zero-order valence-electron chi connectivity index (χ0n) is 12.4. The van der Waals surface area contributed by atoms with Gasteiger partial charge in [-0.2, -0.15) is 0 Å². The zero-order chi connectivity index (χ0) is 16.9. The number of amides is 1. The molecule has 4 nitrogen and oxygen atoms in total. The molecule has 3 aromatic rings. The largest absolute Gasteiger partial charge is 0.456 e. The Balaban J connectivity index is 1.72. The number of nitrogens with one attached hydrogen (secondary N) is 1. The highest BCUT2D eigenvalue weighted by Crippen LogP contribution is 2.31. The average molecular weight is 343 g/mol. The molecule has 0 atom stereocenters. The second-order valence-electron chi connectivity index (χ2n) is 4.90. The summed E-state index contributed by atoms with van der Waals surface area (Å²) in [5.41, 5.74) is 0.973. The van der Waals surface area contributed by atoms with Gasteiger partial charge in [-0.1, -0.05) is 11.6 Å². The van der Waals surface area contributed by atoms with Gasteiger partial charge in [0.05, 0.1) is 10.6 Å². The molecule has 0 aliphatic carbocycles. The molecule has 1 amide bonds. The van der Waals surface area contributed by atoms with E-state index in [-0.39, 0.29) is 11.7 Å². The number of aromatic nitrogens is 1. The van der Waals surface area contributed by atoms with Gasteiger partial charge in [0, 0.05) is 18.1 Å². The second-order valence-corrected chi connectivity index (χ2v) is 5.30. The van der Waals surface area contributed by atoms with Crippen LogP contribution in [0.4, 0.5) is 10.1 Å². The fraction of sp³-hybridized carbons (Fsp3) is 0. The first-order chi connectivity index (χ1) is 11.6. The van der Waals surface area contributed by atoms with Crippen LogP contribution >= 0.6 is 11.6 Å². The van der Waals surface area contributed by atoms with Gasteiger partial charge in [0.2, 0.25) is 0 Å². The van der Waals surface area contributed by atoms with Crippen molar-refractivity contribution in [2.75, 3.05) is 5.32 Å². The summed E-state index contributed by atoms with van der Waals surface area (Å²) in [6.07, 6.45) is 3.07. The van der Waals surface area contributed by atoms with E-state index in [1.165, 1.54) is 30.5 Å². The number of carbonyl (C=O) groups excluding carboxylic acids is 1. The van der Waals surface area contributed by atoms with Gasteiger partial charge >= 0.3 is 0 Å². The minimum atomic E-state index is -0.345. The number of anilines is 1. The van der Waals surface area contributed by atoms with Crippen molar-refractivity contribution in [2.24, 2.45) is 0 Å². The van der Waals surface area contributed by atoms with Crippen LogP contribution in [0, 0.1) is 5.82 Å². The van der Waals surface area contributed by atoms with Crippen molar-refractivity contribution >= 4 is 23.2 Å². The SMILES string of the molecule is O=C(Nc1ccc(Oc2ccc(F)cc2)c(Cl)c1)c1cccnc1. The third kappa shape index (κ3) is 3.88. The third-order valence-electron chi connectivity index (χ3n) is 3.15. The Hall–Kier alpha value is -2.92. The average Bonchev–Trinajstić information content (AvgIpc) is 2.60. The molecule has 0 bridgehead atoms. The van der Waals surface area contributed by atoms with Gasteiger partial charge in [0.1, 0.15) is 17.3 Å². The van der Waals surface area contributed by atoms with Crippen LogP contribution in [-0.2, 0) is 0 Å². The van der Waals surface area contributed by atoms with E-state index >= 15 is 0 Å². The van der Waals surface area contributed by atoms with Crippen LogP contribution in [0.5, 0.6) is 11.5 Å². The molecule has 120 valence electrons. The minimum absolute atomic E-state index is 0.286. The monoisotopic (exact) mass is 342 g/mol. The lowest BCUT2D eigenvalue weighted by Crippen LogP contribution is -2.11. The molecule has 0 saturated carbocycles. The summed E-state index contributed by atoms with van der Waals surface area (Å²) < 4.78 is 18.5. The van der Waals surface area contributed by atoms with Crippen molar-refractivity contribution in [2.45, 2.75) is 0 Å². The molecule has 1 heterocycles. The molecule has 2 aromatic carbocycles. The van der Waals surface area contributed by atoms with Gasteiger partial charge in [-0.15, -0.1) is 0 Å². The van der Waals surface area contributed by atoms with E-state index in [4.69, 9.17) is 16.3 Å². The number of benzene rings is 2. The summed E-state index contributed by atoms with van der Waals surface area (Å²) in [6, 6.07) is 13.8. The molecular formula is C18H12ClFN2O2. The molecule has 0 saturated heterocycles. The first-order valence-electron chi connectivity index (χ1n) is 7.06. The summed E-state index contributed by atoms with van der Waals surface area (Å²) in [5, 5.41) is 3.05. The maximum absolute atomic E-state index is 12.9. The van der Waals surface area contributed by atoms with Crippen molar-refractivity contribution < 1.29 is 13.9 Å². The van der Waals surface area contributed by atoms with Crippen LogP contribution < -0.4 is 10.1 Å². The number of halogens is 2. The Labute approximate surface area is 142 Å². The highest BCUT2D eigenvalue weighted by molar-refractivity contribution is 6.32. The lowest BCUT2D eigenvalue weighted by Gasteiger charge is -2.10. The summed E-state index contributed by atoms with van der Waals surface area (Å²) in [6.45, 7) is 0. The van der Waals surface area contributed by atoms with E-state index in [0.717, 1.165) is 0 Å². The summed E-state index contributed by atoms with van der Waals surface area (Å²) in [7, 11) is 0. The molecule has 0 radical (unpaired) electrons. The lowest BCUT2D eigenvalue weighted by molar-refractivity contribution is 0.102. The highest BCUT2D eigenvalue weighted by atomic mass is 35.5. The molecule has 0 unspecified atom stereocenters. The molecule has 1 aromatic heterocycles.